The van der Waals surface area contributed by atoms with Crippen LogP contribution < -0.4 is 4.90 Å². The topological polar surface area (TPSA) is 119 Å². The minimum atomic E-state index is -1.37. The molecule has 9 nitrogen and oxygen atoms in total. The first kappa shape index (κ1) is 22.0. The lowest BCUT2D eigenvalue weighted by Gasteiger charge is -2.24. The molecule has 3 rings (SSSR count). The lowest BCUT2D eigenvalue weighted by atomic mass is 9.98. The number of non-ortho nitro benzene ring substituents is 1. The van der Waals surface area contributed by atoms with Crippen LogP contribution in [-0.4, -0.2) is 54.9 Å². The van der Waals surface area contributed by atoms with Crippen LogP contribution in [0.15, 0.2) is 54.1 Å². The molecule has 0 bridgehead atoms. The molecule has 31 heavy (non-hydrogen) atoms. The first-order valence-electron chi connectivity index (χ1n) is 9.47. The number of nitro groups is 1. The Morgan fingerprint density at radius 2 is 1.87 bits per heavy atom. The zero-order valence-corrected chi connectivity index (χ0v) is 17.1. The van der Waals surface area contributed by atoms with Crippen molar-refractivity contribution in [2.45, 2.75) is 12.0 Å². The van der Waals surface area contributed by atoms with Gasteiger partial charge in [0, 0.05) is 43.9 Å². The van der Waals surface area contributed by atoms with Crippen molar-refractivity contribution in [1.29, 1.82) is 0 Å². The summed E-state index contributed by atoms with van der Waals surface area (Å²) in [6, 6.07) is 12.5. The average Bonchev–Trinajstić information content (AvgIpc) is 3.08. The number of cyclic esters (lactones) is 1. The van der Waals surface area contributed by atoms with Crippen LogP contribution in [0.1, 0.15) is 22.3 Å². The van der Waals surface area contributed by atoms with Gasteiger partial charge in [0.15, 0.2) is 5.60 Å². The van der Waals surface area contributed by atoms with Crippen molar-refractivity contribution >= 4 is 29.4 Å². The van der Waals surface area contributed by atoms with E-state index in [9.17, 15) is 24.8 Å². The number of ether oxygens (including phenoxy) is 2. The Balaban J connectivity index is 1.68. The molecule has 2 aromatic rings. The number of hydrogen-bond donors (Lipinski definition) is 1. The summed E-state index contributed by atoms with van der Waals surface area (Å²) in [4.78, 5) is 36.8. The molecule has 1 saturated heterocycles. The summed E-state index contributed by atoms with van der Waals surface area (Å²) in [5, 5.41) is 20.6. The minimum absolute atomic E-state index is 0.0339. The molecule has 1 aliphatic heterocycles. The highest BCUT2D eigenvalue weighted by atomic mass is 16.6. The number of nitrogens with zero attached hydrogens (tertiary/aromatic N) is 2. The largest absolute Gasteiger partial charge is 0.458 e. The van der Waals surface area contributed by atoms with Gasteiger partial charge in [-0.25, -0.2) is 9.59 Å². The normalized spacial score (nSPS) is 19.2. The molecule has 0 amide bonds. The number of aliphatic hydroxyl groups is 1. The maximum atomic E-state index is 12.4. The van der Waals surface area contributed by atoms with Crippen LogP contribution in [0.3, 0.4) is 0 Å². The lowest BCUT2D eigenvalue weighted by Crippen LogP contribution is -2.39. The van der Waals surface area contributed by atoms with Crippen molar-refractivity contribution in [3.05, 3.63) is 75.3 Å². The number of nitro benzene ring substituents is 1. The second-order valence-corrected chi connectivity index (χ2v) is 7.44. The fraction of sp³-hybridized carbons (Fsp3) is 0.273. The zero-order valence-electron chi connectivity index (χ0n) is 17.1. The molecule has 1 atom stereocenters. The third-order valence-corrected chi connectivity index (χ3v) is 4.90. The standard InChI is InChI=1S/C22H22N2O7/c1-23(2)18-9-5-16(6-10-18)20(26)30-14-22(13-25)12-17(21(27)31-22)11-15-3-7-19(8-4-15)24(28)29/h3-11,25H,12-14H2,1-2H3/b17-11+. The number of benzene rings is 2. The molecule has 1 N–H and O–H groups in total. The Kier molecular flexibility index (Phi) is 6.36. The SMILES string of the molecule is CN(C)c1ccc(C(=O)OCC2(CO)C/C(=C\c3ccc([N+](=O)[O-])cc3)C(=O)O2)cc1. The van der Waals surface area contributed by atoms with Crippen molar-refractivity contribution in [2.75, 3.05) is 32.2 Å². The molecule has 1 fully saturated rings. The highest BCUT2D eigenvalue weighted by Crippen LogP contribution is 2.32. The van der Waals surface area contributed by atoms with Crippen molar-refractivity contribution < 1.29 is 29.1 Å². The van der Waals surface area contributed by atoms with Crippen LogP contribution >= 0.6 is 0 Å². The van der Waals surface area contributed by atoms with Gasteiger partial charge < -0.3 is 19.5 Å². The molecule has 0 radical (unpaired) electrons. The van der Waals surface area contributed by atoms with E-state index in [1.807, 2.05) is 19.0 Å². The smallest absolute Gasteiger partial charge is 0.338 e. The predicted octanol–water partition coefficient (Wildman–Crippen LogP) is 2.58. The first-order chi connectivity index (χ1) is 14.7. The lowest BCUT2D eigenvalue weighted by molar-refractivity contribution is -0.384. The van der Waals surface area contributed by atoms with E-state index in [0.717, 1.165) is 5.69 Å². The van der Waals surface area contributed by atoms with Gasteiger partial charge in [0.1, 0.15) is 6.61 Å². The van der Waals surface area contributed by atoms with Crippen molar-refractivity contribution in [3.63, 3.8) is 0 Å². The summed E-state index contributed by atoms with van der Waals surface area (Å²) in [6.45, 7) is -0.829. The monoisotopic (exact) mass is 426 g/mol. The van der Waals surface area contributed by atoms with E-state index in [2.05, 4.69) is 0 Å². The minimum Gasteiger partial charge on any atom is -0.458 e. The number of carbonyl (C=O) groups is 2. The Hall–Kier alpha value is -3.72. The number of aliphatic hydroxyl groups excluding tert-OH is 1. The maximum absolute atomic E-state index is 12.4. The summed E-state index contributed by atoms with van der Waals surface area (Å²) in [5.74, 6) is -1.24. The molecule has 0 aliphatic carbocycles. The van der Waals surface area contributed by atoms with Gasteiger partial charge in [-0.2, -0.15) is 0 Å². The fourth-order valence-corrected chi connectivity index (χ4v) is 3.11. The van der Waals surface area contributed by atoms with Crippen LogP contribution in [0.2, 0.25) is 0 Å². The Morgan fingerprint density at radius 3 is 2.42 bits per heavy atom. The van der Waals surface area contributed by atoms with Crippen LogP contribution in [0.4, 0.5) is 11.4 Å². The number of rotatable bonds is 7. The summed E-state index contributed by atoms with van der Waals surface area (Å²) >= 11 is 0. The Bertz CT molecular complexity index is 1010. The van der Waals surface area contributed by atoms with Gasteiger partial charge in [-0.3, -0.25) is 10.1 Å². The number of anilines is 1. The van der Waals surface area contributed by atoms with Crippen molar-refractivity contribution in [3.8, 4) is 0 Å². The predicted molar refractivity (Wildman–Crippen MR) is 113 cm³/mol. The van der Waals surface area contributed by atoms with Crippen LogP contribution in [-0.2, 0) is 14.3 Å². The van der Waals surface area contributed by atoms with E-state index in [-0.39, 0.29) is 24.3 Å². The molecule has 1 aliphatic rings. The number of esters is 2. The summed E-state index contributed by atoms with van der Waals surface area (Å²) in [5.41, 5.74) is 0.673. The van der Waals surface area contributed by atoms with Crippen molar-refractivity contribution in [1.82, 2.24) is 0 Å². The molecule has 0 aromatic heterocycles. The fourth-order valence-electron chi connectivity index (χ4n) is 3.11. The first-order valence-corrected chi connectivity index (χ1v) is 9.47. The summed E-state index contributed by atoms with van der Waals surface area (Å²) in [7, 11) is 3.77. The van der Waals surface area contributed by atoms with Gasteiger partial charge >= 0.3 is 11.9 Å². The molecule has 0 saturated carbocycles. The molecular weight excluding hydrogens is 404 g/mol. The maximum Gasteiger partial charge on any atom is 0.338 e. The van der Waals surface area contributed by atoms with E-state index < -0.39 is 29.1 Å². The van der Waals surface area contributed by atoms with Crippen LogP contribution in [0.25, 0.3) is 6.08 Å². The van der Waals surface area contributed by atoms with Gasteiger partial charge in [-0.15, -0.1) is 0 Å². The summed E-state index contributed by atoms with van der Waals surface area (Å²) in [6.07, 6.45) is 1.57. The molecule has 2 aromatic carbocycles. The van der Waals surface area contributed by atoms with Gasteiger partial charge in [0.2, 0.25) is 0 Å². The van der Waals surface area contributed by atoms with Gasteiger partial charge in [-0.1, -0.05) is 0 Å². The van der Waals surface area contributed by atoms with Gasteiger partial charge in [0.05, 0.1) is 17.1 Å². The molecular formula is C22H22N2O7. The van der Waals surface area contributed by atoms with E-state index in [1.165, 1.54) is 30.3 Å². The quantitative estimate of drug-likeness (QED) is 0.311. The third-order valence-electron chi connectivity index (χ3n) is 4.90. The highest BCUT2D eigenvalue weighted by Gasteiger charge is 2.44. The molecule has 1 unspecified atom stereocenters. The molecule has 9 heteroatoms. The van der Waals surface area contributed by atoms with Crippen LogP contribution in [0, 0.1) is 10.1 Å². The molecule has 162 valence electrons. The molecule has 1 heterocycles. The van der Waals surface area contributed by atoms with Gasteiger partial charge in [0.25, 0.3) is 5.69 Å². The van der Waals surface area contributed by atoms with Crippen molar-refractivity contribution in [2.24, 2.45) is 0 Å². The molecule has 0 spiro atoms. The summed E-state index contributed by atoms with van der Waals surface area (Å²) < 4.78 is 10.6. The second kappa shape index (κ2) is 8.97. The van der Waals surface area contributed by atoms with Crippen LogP contribution in [0.5, 0.6) is 0 Å². The van der Waals surface area contributed by atoms with Gasteiger partial charge in [-0.05, 0) is 48.0 Å². The van der Waals surface area contributed by atoms with E-state index in [1.54, 1.807) is 24.3 Å². The highest BCUT2D eigenvalue weighted by molar-refractivity contribution is 5.96. The number of hydrogen-bond acceptors (Lipinski definition) is 8. The Labute approximate surface area is 178 Å². The average molecular weight is 426 g/mol. The third kappa shape index (κ3) is 5.07. The van der Waals surface area contributed by atoms with E-state index in [4.69, 9.17) is 9.47 Å². The Morgan fingerprint density at radius 1 is 1.23 bits per heavy atom. The zero-order chi connectivity index (χ0) is 22.6. The van der Waals surface area contributed by atoms with E-state index in [0.29, 0.717) is 11.1 Å². The van der Waals surface area contributed by atoms with E-state index >= 15 is 0 Å². The number of carbonyl (C=O) groups excluding carboxylic acids is 2. The second-order valence-electron chi connectivity index (χ2n) is 7.44.